The van der Waals surface area contributed by atoms with Crippen LogP contribution < -0.4 is 10.6 Å². The van der Waals surface area contributed by atoms with Crippen LogP contribution in [-0.4, -0.2) is 36.2 Å². The van der Waals surface area contributed by atoms with Crippen LogP contribution in [0.1, 0.15) is 0 Å². The molecule has 4 nitrogen and oxygen atoms in total. The average Bonchev–Trinajstić information content (AvgIpc) is 2.28. The highest BCUT2D eigenvalue weighted by Gasteiger charge is 2.28. The maximum absolute atomic E-state index is 13.1. The Morgan fingerprint density at radius 3 is 2.41 bits per heavy atom. The molecular weight excluding hydrogens is 242 g/mol. The minimum absolute atomic E-state index is 0.263. The zero-order valence-corrected chi connectivity index (χ0v) is 8.90. The van der Waals surface area contributed by atoms with Gasteiger partial charge < -0.3 is 15.7 Å². The predicted octanol–water partition coefficient (Wildman–Crippen LogP) is 1.44. The number of aliphatic hydroxyl groups excluding tert-OH is 1. The van der Waals surface area contributed by atoms with E-state index < -0.39 is 36.5 Å². The smallest absolute Gasteiger partial charge is 0.287 e. The van der Waals surface area contributed by atoms with Crippen LogP contribution in [0.15, 0.2) is 6.07 Å². The fourth-order valence-corrected chi connectivity index (χ4v) is 1.03. The lowest BCUT2D eigenvalue weighted by Crippen LogP contribution is -2.31. The molecule has 1 aromatic heterocycles. The van der Waals surface area contributed by atoms with Crippen LogP contribution in [0.25, 0.3) is 0 Å². The molecule has 0 spiro atoms. The molecule has 0 aliphatic heterocycles. The first kappa shape index (κ1) is 13.5. The lowest BCUT2D eigenvalue weighted by molar-refractivity contribution is -0.0373. The Kier molecular flexibility index (Phi) is 4.11. The van der Waals surface area contributed by atoms with Crippen molar-refractivity contribution in [3.63, 3.8) is 0 Å². The van der Waals surface area contributed by atoms with Gasteiger partial charge in [-0.15, -0.1) is 0 Å². The lowest BCUT2D eigenvalue weighted by Gasteiger charge is -2.15. The van der Waals surface area contributed by atoms with Gasteiger partial charge in [-0.2, -0.15) is 0 Å². The molecule has 0 saturated heterocycles. The van der Waals surface area contributed by atoms with Crippen LogP contribution in [0.2, 0.25) is 0 Å². The van der Waals surface area contributed by atoms with Crippen molar-refractivity contribution >= 4 is 11.6 Å². The molecule has 96 valence electrons. The molecule has 8 heteroatoms. The Balaban J connectivity index is 2.84. The molecule has 0 amide bonds. The summed E-state index contributed by atoms with van der Waals surface area (Å²) in [5.74, 6) is -6.19. The van der Waals surface area contributed by atoms with Crippen molar-refractivity contribution in [2.75, 3.05) is 30.8 Å². The number of alkyl halides is 2. The van der Waals surface area contributed by atoms with Crippen LogP contribution in [-0.2, 0) is 0 Å². The van der Waals surface area contributed by atoms with Gasteiger partial charge in [0.05, 0.1) is 6.54 Å². The summed E-state index contributed by atoms with van der Waals surface area (Å²) in [6.45, 7) is -2.37. The predicted molar refractivity (Wildman–Crippen MR) is 54.2 cm³/mol. The maximum Gasteiger partial charge on any atom is 0.287 e. The number of hydrogen-bond donors (Lipinski definition) is 3. The van der Waals surface area contributed by atoms with E-state index in [2.05, 4.69) is 10.3 Å². The molecule has 1 rings (SSSR count). The number of hydrogen-bond acceptors (Lipinski definition) is 4. The number of nitrogens with zero attached hydrogens (tertiary/aromatic N) is 1. The normalized spacial score (nSPS) is 11.4. The van der Waals surface area contributed by atoms with E-state index in [4.69, 9.17) is 5.11 Å². The third-order valence-electron chi connectivity index (χ3n) is 1.91. The molecule has 0 aliphatic carbocycles. The van der Waals surface area contributed by atoms with Gasteiger partial charge in [-0.05, 0) is 0 Å². The molecule has 17 heavy (non-hydrogen) atoms. The van der Waals surface area contributed by atoms with Gasteiger partial charge in [-0.1, -0.05) is 0 Å². The summed E-state index contributed by atoms with van der Waals surface area (Å²) in [7, 11) is 1.36. The minimum Gasteiger partial charge on any atom is -0.390 e. The van der Waals surface area contributed by atoms with Crippen LogP contribution in [0.3, 0.4) is 0 Å². The first-order valence-electron chi connectivity index (χ1n) is 4.66. The van der Waals surface area contributed by atoms with Gasteiger partial charge in [0.25, 0.3) is 5.92 Å². The Morgan fingerprint density at radius 1 is 1.29 bits per heavy atom. The van der Waals surface area contributed by atoms with Crippen LogP contribution >= 0.6 is 0 Å². The topological polar surface area (TPSA) is 57.2 Å². The standard InChI is InChI=1S/C9H11F4N3O/c1-14-7-5(10)2-6(11)8(16-7)15-3-9(12,13)4-17/h2,17H,3-4H2,1H3,(H2,14,15,16). The largest absolute Gasteiger partial charge is 0.390 e. The summed E-state index contributed by atoms with van der Waals surface area (Å²) in [6, 6.07) is 0.526. The van der Waals surface area contributed by atoms with Gasteiger partial charge >= 0.3 is 0 Å². The Labute approximate surface area is 94.7 Å². The molecule has 0 unspecified atom stereocenters. The van der Waals surface area contributed by atoms with Crippen molar-refractivity contribution in [2.24, 2.45) is 0 Å². The molecule has 0 aliphatic rings. The Morgan fingerprint density at radius 2 is 1.88 bits per heavy atom. The molecular formula is C9H11F4N3O. The van der Waals surface area contributed by atoms with Gasteiger partial charge in [0, 0.05) is 13.1 Å². The van der Waals surface area contributed by atoms with E-state index in [1.165, 1.54) is 7.05 Å². The van der Waals surface area contributed by atoms with Crippen LogP contribution in [0.4, 0.5) is 29.2 Å². The van der Waals surface area contributed by atoms with Crippen LogP contribution in [0, 0.1) is 11.6 Å². The van der Waals surface area contributed by atoms with E-state index in [-0.39, 0.29) is 5.82 Å². The molecule has 0 atom stereocenters. The third kappa shape index (κ3) is 3.45. The van der Waals surface area contributed by atoms with Crippen molar-refractivity contribution in [3.8, 4) is 0 Å². The van der Waals surface area contributed by atoms with E-state index in [0.717, 1.165) is 0 Å². The maximum atomic E-state index is 13.1. The highest BCUT2D eigenvalue weighted by Crippen LogP contribution is 2.20. The summed E-state index contributed by atoms with van der Waals surface area (Å²) in [5.41, 5.74) is 0. The minimum atomic E-state index is -3.40. The monoisotopic (exact) mass is 253 g/mol. The average molecular weight is 253 g/mol. The Hall–Kier alpha value is -1.57. The third-order valence-corrected chi connectivity index (χ3v) is 1.91. The second-order valence-electron chi connectivity index (χ2n) is 3.27. The van der Waals surface area contributed by atoms with Gasteiger partial charge in [-0.25, -0.2) is 22.5 Å². The number of pyridine rings is 1. The number of nitrogens with one attached hydrogen (secondary N) is 2. The van der Waals surface area contributed by atoms with E-state index >= 15 is 0 Å². The van der Waals surface area contributed by atoms with Crippen molar-refractivity contribution < 1.29 is 22.7 Å². The lowest BCUT2D eigenvalue weighted by atomic mass is 10.3. The fourth-order valence-electron chi connectivity index (χ4n) is 1.03. The summed E-state index contributed by atoms with van der Waals surface area (Å²) in [4.78, 5) is 3.44. The quantitative estimate of drug-likeness (QED) is 0.695. The van der Waals surface area contributed by atoms with Gasteiger partial charge in [0.15, 0.2) is 23.3 Å². The number of halogens is 4. The van der Waals surface area contributed by atoms with E-state index in [9.17, 15) is 17.6 Å². The molecule has 0 fully saturated rings. The zero-order chi connectivity index (χ0) is 13.1. The molecule has 1 aromatic rings. The second-order valence-corrected chi connectivity index (χ2v) is 3.27. The second kappa shape index (κ2) is 5.17. The van der Waals surface area contributed by atoms with Gasteiger partial charge in [-0.3, -0.25) is 0 Å². The zero-order valence-electron chi connectivity index (χ0n) is 8.90. The van der Waals surface area contributed by atoms with Crippen molar-refractivity contribution in [2.45, 2.75) is 5.92 Å². The van der Waals surface area contributed by atoms with E-state index in [1.54, 1.807) is 0 Å². The first-order valence-corrected chi connectivity index (χ1v) is 4.66. The summed E-state index contributed by atoms with van der Waals surface area (Å²) in [6.07, 6.45) is 0. The van der Waals surface area contributed by atoms with Gasteiger partial charge in [0.1, 0.15) is 6.61 Å². The number of anilines is 2. The number of aromatic nitrogens is 1. The fraction of sp³-hybridized carbons (Fsp3) is 0.444. The Bertz CT molecular complexity index is 400. The van der Waals surface area contributed by atoms with E-state index in [1.807, 2.05) is 5.32 Å². The van der Waals surface area contributed by atoms with Crippen LogP contribution in [0.5, 0.6) is 0 Å². The van der Waals surface area contributed by atoms with Crippen molar-refractivity contribution in [3.05, 3.63) is 17.7 Å². The first-order chi connectivity index (χ1) is 7.89. The molecule has 0 saturated carbocycles. The molecule has 0 aromatic carbocycles. The van der Waals surface area contributed by atoms with Gasteiger partial charge in [0.2, 0.25) is 0 Å². The molecule has 3 N–H and O–H groups in total. The summed E-state index contributed by atoms with van der Waals surface area (Å²) in [5, 5.41) is 12.7. The molecule has 0 bridgehead atoms. The highest BCUT2D eigenvalue weighted by molar-refractivity contribution is 5.47. The summed E-state index contributed by atoms with van der Waals surface area (Å²) < 4.78 is 51.5. The van der Waals surface area contributed by atoms with Crippen molar-refractivity contribution in [1.29, 1.82) is 0 Å². The number of rotatable bonds is 5. The SMILES string of the molecule is CNc1nc(NCC(F)(F)CO)c(F)cc1F. The highest BCUT2D eigenvalue weighted by atomic mass is 19.3. The summed E-state index contributed by atoms with van der Waals surface area (Å²) >= 11 is 0. The molecule has 0 radical (unpaired) electrons. The molecule has 1 heterocycles. The van der Waals surface area contributed by atoms with E-state index in [0.29, 0.717) is 6.07 Å². The van der Waals surface area contributed by atoms with Crippen molar-refractivity contribution in [1.82, 2.24) is 4.98 Å². The number of aliphatic hydroxyl groups is 1.